The fraction of sp³-hybridized carbons (Fsp3) is 0.304. The van der Waals surface area contributed by atoms with Crippen LogP contribution in [-0.4, -0.2) is 28.5 Å². The molecule has 2 aromatic carbocycles. The van der Waals surface area contributed by atoms with Crippen molar-refractivity contribution in [1.29, 1.82) is 0 Å². The molecule has 0 spiro atoms. The van der Waals surface area contributed by atoms with Gasteiger partial charge in [-0.1, -0.05) is 30.7 Å². The molecule has 1 aliphatic heterocycles. The van der Waals surface area contributed by atoms with Crippen LogP contribution in [0.1, 0.15) is 36.0 Å². The Hall–Kier alpha value is -2.28. The van der Waals surface area contributed by atoms with Crippen LogP contribution in [0.25, 0.3) is 20.8 Å². The van der Waals surface area contributed by atoms with E-state index in [0.29, 0.717) is 6.04 Å². The summed E-state index contributed by atoms with van der Waals surface area (Å²) in [6, 6.07) is 16.9. The number of methoxy groups -OCH3 is 1. The smallest absolute Gasteiger partial charge is 0.129 e. The molecule has 6 heteroatoms. The monoisotopic (exact) mass is 421 g/mol. The van der Waals surface area contributed by atoms with Crippen molar-refractivity contribution in [3.63, 3.8) is 0 Å². The fourth-order valence-electron chi connectivity index (χ4n) is 4.03. The fourth-order valence-corrected chi connectivity index (χ4v) is 6.00. The van der Waals surface area contributed by atoms with Gasteiger partial charge >= 0.3 is 0 Å². The third-order valence-electron chi connectivity index (χ3n) is 5.46. The van der Waals surface area contributed by atoms with Gasteiger partial charge in [-0.05, 0) is 43.7 Å². The number of aromatic nitrogens is 2. The Kier molecular flexibility index (Phi) is 5.31. The Morgan fingerprint density at radius 3 is 2.83 bits per heavy atom. The number of piperidine rings is 1. The second-order valence-electron chi connectivity index (χ2n) is 7.35. The van der Waals surface area contributed by atoms with Crippen LogP contribution < -0.4 is 4.74 Å². The number of likely N-dealkylation sites (tertiary alicyclic amines) is 1. The van der Waals surface area contributed by atoms with Crippen LogP contribution in [0.5, 0.6) is 5.75 Å². The van der Waals surface area contributed by atoms with Crippen molar-refractivity contribution >= 4 is 32.9 Å². The summed E-state index contributed by atoms with van der Waals surface area (Å²) in [5.41, 5.74) is 3.31. The average Bonchev–Trinajstić information content (AvgIpc) is 3.41. The zero-order chi connectivity index (χ0) is 19.6. The largest absolute Gasteiger partial charge is 0.496 e. The van der Waals surface area contributed by atoms with Crippen molar-refractivity contribution in [1.82, 2.24) is 14.9 Å². The van der Waals surface area contributed by atoms with Gasteiger partial charge in [-0.3, -0.25) is 4.90 Å². The molecule has 1 saturated heterocycles. The van der Waals surface area contributed by atoms with Crippen molar-refractivity contribution in [3.8, 4) is 16.3 Å². The second kappa shape index (κ2) is 8.22. The van der Waals surface area contributed by atoms with Crippen molar-refractivity contribution in [2.24, 2.45) is 0 Å². The van der Waals surface area contributed by atoms with Crippen LogP contribution in [0.2, 0.25) is 0 Å². The highest BCUT2D eigenvalue weighted by Crippen LogP contribution is 2.37. The van der Waals surface area contributed by atoms with Gasteiger partial charge in [-0.25, -0.2) is 9.97 Å². The number of benzene rings is 2. The highest BCUT2D eigenvalue weighted by Gasteiger charge is 2.27. The van der Waals surface area contributed by atoms with E-state index in [4.69, 9.17) is 14.7 Å². The number of hydrogen-bond acceptors (Lipinski definition) is 6. The quantitative estimate of drug-likeness (QED) is 0.387. The lowest BCUT2D eigenvalue weighted by Crippen LogP contribution is -2.33. The van der Waals surface area contributed by atoms with E-state index >= 15 is 0 Å². The first-order valence-corrected chi connectivity index (χ1v) is 11.7. The topological polar surface area (TPSA) is 38.2 Å². The molecule has 29 heavy (non-hydrogen) atoms. The van der Waals surface area contributed by atoms with E-state index in [-0.39, 0.29) is 0 Å². The first-order chi connectivity index (χ1) is 14.3. The maximum absolute atomic E-state index is 5.51. The summed E-state index contributed by atoms with van der Waals surface area (Å²) in [6.07, 6.45) is 3.68. The van der Waals surface area contributed by atoms with Gasteiger partial charge in [0.25, 0.3) is 0 Å². The lowest BCUT2D eigenvalue weighted by Gasteiger charge is -2.33. The SMILES string of the molecule is COc1ccccc1-c1nc(CN2CCCC[C@H]2c2nc3ccccc3s2)cs1. The van der Waals surface area contributed by atoms with E-state index in [9.17, 15) is 0 Å². The molecule has 4 nitrogen and oxygen atoms in total. The molecule has 4 aromatic rings. The van der Waals surface area contributed by atoms with Gasteiger partial charge in [-0.15, -0.1) is 22.7 Å². The van der Waals surface area contributed by atoms with E-state index in [1.807, 2.05) is 29.5 Å². The second-order valence-corrected chi connectivity index (χ2v) is 9.27. The number of nitrogens with zero attached hydrogens (tertiary/aromatic N) is 3. The van der Waals surface area contributed by atoms with Gasteiger partial charge in [0.1, 0.15) is 15.8 Å². The van der Waals surface area contributed by atoms with Crippen LogP contribution in [0.15, 0.2) is 53.9 Å². The number of ether oxygens (including phenoxy) is 1. The normalized spacial score (nSPS) is 17.6. The lowest BCUT2D eigenvalue weighted by atomic mass is 10.0. The van der Waals surface area contributed by atoms with E-state index in [2.05, 4.69) is 40.6 Å². The predicted octanol–water partition coefficient (Wildman–Crippen LogP) is 6.16. The van der Waals surface area contributed by atoms with Crippen LogP contribution in [0.4, 0.5) is 0 Å². The minimum atomic E-state index is 0.387. The van der Waals surface area contributed by atoms with E-state index in [0.717, 1.165) is 40.6 Å². The van der Waals surface area contributed by atoms with E-state index < -0.39 is 0 Å². The van der Waals surface area contributed by atoms with E-state index in [1.54, 1.807) is 18.4 Å². The summed E-state index contributed by atoms with van der Waals surface area (Å²) in [5, 5.41) is 4.45. The molecule has 1 atom stereocenters. The molecular weight excluding hydrogens is 398 g/mol. The molecule has 1 aliphatic rings. The summed E-state index contributed by atoms with van der Waals surface area (Å²) in [6.45, 7) is 1.97. The summed E-state index contributed by atoms with van der Waals surface area (Å²) in [4.78, 5) is 12.4. The molecule has 0 radical (unpaired) electrons. The Morgan fingerprint density at radius 1 is 1.07 bits per heavy atom. The summed E-state index contributed by atoms with van der Waals surface area (Å²) < 4.78 is 6.79. The minimum Gasteiger partial charge on any atom is -0.496 e. The van der Waals surface area contributed by atoms with Gasteiger partial charge in [0.2, 0.25) is 0 Å². The summed E-state index contributed by atoms with van der Waals surface area (Å²) >= 11 is 3.53. The Bertz CT molecular complexity index is 1090. The molecule has 2 aromatic heterocycles. The Labute approximate surface area is 178 Å². The average molecular weight is 422 g/mol. The summed E-state index contributed by atoms with van der Waals surface area (Å²) in [5.74, 6) is 0.874. The maximum atomic E-state index is 5.51. The van der Waals surface area contributed by atoms with Gasteiger partial charge in [0.15, 0.2) is 0 Å². The zero-order valence-corrected chi connectivity index (χ0v) is 18.0. The molecule has 0 saturated carbocycles. The predicted molar refractivity (Wildman–Crippen MR) is 121 cm³/mol. The Morgan fingerprint density at radius 2 is 1.93 bits per heavy atom. The van der Waals surface area contributed by atoms with Crippen LogP contribution in [0, 0.1) is 0 Å². The van der Waals surface area contributed by atoms with E-state index in [1.165, 1.54) is 29.0 Å². The third kappa shape index (κ3) is 3.80. The van der Waals surface area contributed by atoms with Gasteiger partial charge < -0.3 is 4.74 Å². The first kappa shape index (κ1) is 18.7. The first-order valence-electron chi connectivity index (χ1n) is 9.99. The van der Waals surface area contributed by atoms with Crippen LogP contribution in [-0.2, 0) is 6.54 Å². The molecule has 148 valence electrons. The standard InChI is InChI=1S/C23H23N3OS2/c1-27-20-11-4-2-8-17(20)22-24-16(15-28-22)14-26-13-7-6-10-19(26)23-25-18-9-3-5-12-21(18)29-23/h2-5,8-9,11-12,15,19H,6-7,10,13-14H2,1H3/t19-/m0/s1. The maximum Gasteiger partial charge on any atom is 0.129 e. The number of fused-ring (bicyclic) bond motifs is 1. The van der Waals surface area contributed by atoms with Crippen LogP contribution in [0.3, 0.4) is 0 Å². The highest BCUT2D eigenvalue weighted by atomic mass is 32.1. The molecule has 3 heterocycles. The van der Waals surface area contributed by atoms with Gasteiger partial charge in [-0.2, -0.15) is 0 Å². The molecule has 0 N–H and O–H groups in total. The third-order valence-corrected chi connectivity index (χ3v) is 7.53. The molecule has 1 fully saturated rings. The van der Waals surface area contributed by atoms with Crippen molar-refractivity contribution in [3.05, 3.63) is 64.6 Å². The molecule has 0 amide bonds. The van der Waals surface area contributed by atoms with Crippen molar-refractivity contribution in [2.45, 2.75) is 31.8 Å². The molecule has 0 unspecified atom stereocenters. The number of thiazole rings is 2. The highest BCUT2D eigenvalue weighted by molar-refractivity contribution is 7.18. The molecule has 5 rings (SSSR count). The molecule has 0 aliphatic carbocycles. The molecule has 0 bridgehead atoms. The number of para-hydroxylation sites is 2. The Balaban J connectivity index is 1.39. The van der Waals surface area contributed by atoms with Gasteiger partial charge in [0.05, 0.1) is 34.6 Å². The van der Waals surface area contributed by atoms with Crippen LogP contribution >= 0.6 is 22.7 Å². The number of hydrogen-bond donors (Lipinski definition) is 0. The lowest BCUT2D eigenvalue weighted by molar-refractivity contribution is 0.139. The number of rotatable bonds is 5. The van der Waals surface area contributed by atoms with Gasteiger partial charge in [0, 0.05) is 11.9 Å². The minimum absolute atomic E-state index is 0.387. The van der Waals surface area contributed by atoms with Crippen molar-refractivity contribution in [2.75, 3.05) is 13.7 Å². The zero-order valence-electron chi connectivity index (χ0n) is 16.4. The van der Waals surface area contributed by atoms with Crippen molar-refractivity contribution < 1.29 is 4.74 Å². The molecular formula is C23H23N3OS2. The summed E-state index contributed by atoms with van der Waals surface area (Å²) in [7, 11) is 1.71.